The number of nitrogens with zero attached hydrogens (tertiary/aromatic N) is 2. The van der Waals surface area contributed by atoms with E-state index in [-0.39, 0.29) is 42.1 Å². The molecule has 1 aliphatic carbocycles. The number of aromatic nitrogens is 2. The van der Waals surface area contributed by atoms with E-state index in [9.17, 15) is 14.3 Å². The van der Waals surface area contributed by atoms with Gasteiger partial charge in [-0.3, -0.25) is 4.79 Å². The number of pyridine rings is 1. The third-order valence-electron chi connectivity index (χ3n) is 5.81. The molecule has 0 spiro atoms. The summed E-state index contributed by atoms with van der Waals surface area (Å²) in [7, 11) is 1.44. The molecule has 2 heterocycles. The van der Waals surface area contributed by atoms with Crippen LogP contribution in [0.4, 0.5) is 4.39 Å². The van der Waals surface area contributed by atoms with Gasteiger partial charge in [-0.15, -0.1) is 0 Å². The van der Waals surface area contributed by atoms with Crippen molar-refractivity contribution < 1.29 is 33.0 Å². The molecule has 0 aliphatic heterocycles. The van der Waals surface area contributed by atoms with Crippen LogP contribution in [0.15, 0.2) is 41.1 Å². The number of aliphatic carboxylic acids is 1. The first-order valence-corrected chi connectivity index (χ1v) is 11.6. The van der Waals surface area contributed by atoms with Crippen LogP contribution in [0, 0.1) is 17.7 Å². The van der Waals surface area contributed by atoms with Gasteiger partial charge in [-0.25, -0.2) is 9.37 Å². The standard InChI is InChI=1S/C26H29FN2O6/c1-15(2)13-34-26-22(29-35-25(26)20-10-23(32-3)28-12-21(20)27)14-33-18-6-4-5-17(9-18)19(11-24(30)31)16-7-8-16/h4-6,9-10,12,15-16,19H,7-8,11,13-14H2,1-3H3,(H,30,31)/t19-/m0/s1. The van der Waals surface area contributed by atoms with Crippen LogP contribution < -0.4 is 14.2 Å². The van der Waals surface area contributed by atoms with Crippen LogP contribution in [0.3, 0.4) is 0 Å². The molecule has 1 aromatic carbocycles. The molecular weight excluding hydrogens is 455 g/mol. The Morgan fingerprint density at radius 2 is 2.06 bits per heavy atom. The molecule has 1 atom stereocenters. The summed E-state index contributed by atoms with van der Waals surface area (Å²) in [5.74, 6) is 0.399. The summed E-state index contributed by atoms with van der Waals surface area (Å²) < 4.78 is 37.1. The summed E-state index contributed by atoms with van der Waals surface area (Å²) in [6, 6.07) is 8.88. The molecule has 1 N–H and O–H groups in total. The lowest BCUT2D eigenvalue weighted by atomic mass is 9.91. The van der Waals surface area contributed by atoms with Gasteiger partial charge in [0.1, 0.15) is 12.4 Å². The van der Waals surface area contributed by atoms with E-state index in [1.807, 2.05) is 32.0 Å². The molecule has 0 amide bonds. The second-order valence-corrected chi connectivity index (χ2v) is 9.10. The second-order valence-electron chi connectivity index (χ2n) is 9.10. The van der Waals surface area contributed by atoms with Gasteiger partial charge >= 0.3 is 5.97 Å². The SMILES string of the molecule is COc1cc(-c2onc(COc3cccc([C@@H](CC(=O)O)C4CC4)c3)c2OCC(C)C)c(F)cn1. The average molecular weight is 485 g/mol. The zero-order valence-electron chi connectivity index (χ0n) is 20.0. The molecule has 8 nitrogen and oxygen atoms in total. The maximum atomic E-state index is 14.6. The lowest BCUT2D eigenvalue weighted by Crippen LogP contribution is -2.09. The molecule has 0 unspecified atom stereocenters. The number of halogens is 1. The minimum absolute atomic E-state index is 0.0250. The molecule has 2 aromatic heterocycles. The summed E-state index contributed by atoms with van der Waals surface area (Å²) in [5, 5.41) is 13.4. The summed E-state index contributed by atoms with van der Waals surface area (Å²) >= 11 is 0. The molecular formula is C26H29FN2O6. The first-order chi connectivity index (χ1) is 16.9. The Bertz CT molecular complexity index is 1170. The van der Waals surface area contributed by atoms with Crippen molar-refractivity contribution in [1.82, 2.24) is 10.1 Å². The van der Waals surface area contributed by atoms with Crippen molar-refractivity contribution in [3.05, 3.63) is 53.6 Å². The molecule has 9 heteroatoms. The quantitative estimate of drug-likeness (QED) is 0.361. The van der Waals surface area contributed by atoms with E-state index in [0.717, 1.165) is 24.6 Å². The highest BCUT2D eigenvalue weighted by Gasteiger charge is 2.34. The normalized spacial score (nSPS) is 14.1. The van der Waals surface area contributed by atoms with Gasteiger partial charge in [0.2, 0.25) is 11.6 Å². The third-order valence-corrected chi connectivity index (χ3v) is 5.81. The fourth-order valence-corrected chi connectivity index (χ4v) is 3.91. The Balaban J connectivity index is 1.57. The first kappa shape index (κ1) is 24.5. The number of rotatable bonds is 12. The van der Waals surface area contributed by atoms with Crippen molar-refractivity contribution in [1.29, 1.82) is 0 Å². The number of benzene rings is 1. The highest BCUT2D eigenvalue weighted by molar-refractivity contribution is 5.68. The minimum atomic E-state index is -0.810. The molecule has 0 saturated heterocycles. The molecule has 0 bridgehead atoms. The maximum Gasteiger partial charge on any atom is 0.303 e. The van der Waals surface area contributed by atoms with Crippen molar-refractivity contribution in [2.45, 2.75) is 45.6 Å². The van der Waals surface area contributed by atoms with Crippen LogP contribution in [0.5, 0.6) is 17.4 Å². The van der Waals surface area contributed by atoms with E-state index in [1.54, 1.807) is 6.07 Å². The lowest BCUT2D eigenvalue weighted by molar-refractivity contribution is -0.137. The topological polar surface area (TPSA) is 104 Å². The van der Waals surface area contributed by atoms with Crippen molar-refractivity contribution in [3.8, 4) is 28.7 Å². The van der Waals surface area contributed by atoms with Gasteiger partial charge in [0.05, 0.1) is 31.9 Å². The Kier molecular flexibility index (Phi) is 7.53. The van der Waals surface area contributed by atoms with Gasteiger partial charge in [0.15, 0.2) is 17.3 Å². The molecule has 1 fully saturated rings. The summed E-state index contributed by atoms with van der Waals surface area (Å²) in [6.45, 7) is 4.40. The number of carboxylic acid groups (broad SMARTS) is 1. The van der Waals surface area contributed by atoms with E-state index in [4.69, 9.17) is 18.7 Å². The van der Waals surface area contributed by atoms with Crippen LogP contribution in [-0.2, 0) is 11.4 Å². The fraction of sp³-hybridized carbons (Fsp3) is 0.423. The van der Waals surface area contributed by atoms with E-state index in [2.05, 4.69) is 10.1 Å². The van der Waals surface area contributed by atoms with Crippen LogP contribution in [0.2, 0.25) is 0 Å². The largest absolute Gasteiger partial charge is 0.487 e. The lowest BCUT2D eigenvalue weighted by Gasteiger charge is -2.16. The predicted octanol–water partition coefficient (Wildman–Crippen LogP) is 5.47. The molecule has 186 valence electrons. The Morgan fingerprint density at radius 1 is 1.26 bits per heavy atom. The highest BCUT2D eigenvalue weighted by atomic mass is 19.1. The predicted molar refractivity (Wildman–Crippen MR) is 125 cm³/mol. The fourth-order valence-electron chi connectivity index (χ4n) is 3.91. The molecule has 1 aliphatic rings. The van der Waals surface area contributed by atoms with E-state index >= 15 is 0 Å². The van der Waals surface area contributed by atoms with Crippen LogP contribution >= 0.6 is 0 Å². The number of carbonyl (C=O) groups is 1. The highest BCUT2D eigenvalue weighted by Crippen LogP contribution is 2.45. The minimum Gasteiger partial charge on any atom is -0.487 e. The van der Waals surface area contributed by atoms with E-state index in [1.165, 1.54) is 13.2 Å². The maximum absolute atomic E-state index is 14.6. The van der Waals surface area contributed by atoms with Gasteiger partial charge in [-0.2, -0.15) is 0 Å². The monoisotopic (exact) mass is 484 g/mol. The first-order valence-electron chi connectivity index (χ1n) is 11.6. The molecule has 0 radical (unpaired) electrons. The van der Waals surface area contributed by atoms with Crippen molar-refractivity contribution in [2.75, 3.05) is 13.7 Å². The second kappa shape index (κ2) is 10.8. The Hall–Kier alpha value is -3.62. The molecule has 3 aromatic rings. The summed E-state index contributed by atoms with van der Waals surface area (Å²) in [4.78, 5) is 15.2. The van der Waals surface area contributed by atoms with E-state index in [0.29, 0.717) is 29.7 Å². The molecule has 1 saturated carbocycles. The van der Waals surface area contributed by atoms with Crippen LogP contribution in [0.25, 0.3) is 11.3 Å². The number of ether oxygens (including phenoxy) is 3. The van der Waals surface area contributed by atoms with Crippen LogP contribution in [0.1, 0.15) is 50.3 Å². The van der Waals surface area contributed by atoms with Crippen molar-refractivity contribution in [2.24, 2.45) is 11.8 Å². The summed E-state index contributed by atoms with van der Waals surface area (Å²) in [5.41, 5.74) is 1.44. The smallest absolute Gasteiger partial charge is 0.303 e. The van der Waals surface area contributed by atoms with Crippen molar-refractivity contribution in [3.63, 3.8) is 0 Å². The number of carboxylic acids is 1. The number of methoxy groups -OCH3 is 1. The Labute approximate surface area is 203 Å². The zero-order chi connectivity index (χ0) is 24.9. The van der Waals surface area contributed by atoms with Gasteiger partial charge in [-0.05, 0) is 48.3 Å². The molecule has 35 heavy (non-hydrogen) atoms. The van der Waals surface area contributed by atoms with Gasteiger partial charge in [0.25, 0.3) is 0 Å². The van der Waals surface area contributed by atoms with Gasteiger partial charge < -0.3 is 23.8 Å². The van der Waals surface area contributed by atoms with E-state index < -0.39 is 11.8 Å². The Morgan fingerprint density at radius 3 is 2.74 bits per heavy atom. The zero-order valence-corrected chi connectivity index (χ0v) is 20.0. The average Bonchev–Trinajstić information content (AvgIpc) is 3.60. The third kappa shape index (κ3) is 6.09. The summed E-state index contributed by atoms with van der Waals surface area (Å²) in [6.07, 6.45) is 3.22. The van der Waals surface area contributed by atoms with Gasteiger partial charge in [0, 0.05) is 6.07 Å². The van der Waals surface area contributed by atoms with Gasteiger partial charge in [-0.1, -0.05) is 31.1 Å². The number of hydrogen-bond donors (Lipinski definition) is 1. The molecule has 4 rings (SSSR count). The number of hydrogen-bond acceptors (Lipinski definition) is 7. The van der Waals surface area contributed by atoms with Crippen LogP contribution in [-0.4, -0.2) is 34.9 Å². The van der Waals surface area contributed by atoms with Crippen molar-refractivity contribution >= 4 is 5.97 Å².